The Hall–Kier alpha value is -2.63. The number of methoxy groups -OCH3 is 3. The first kappa shape index (κ1) is 24.6. The summed E-state index contributed by atoms with van der Waals surface area (Å²) in [4.78, 5) is 20.7. The Kier molecular flexibility index (Phi) is 9.28. The number of piperazine rings is 1. The van der Waals surface area contributed by atoms with Gasteiger partial charge >= 0.3 is 0 Å². The molecule has 170 valence electrons. The summed E-state index contributed by atoms with van der Waals surface area (Å²) in [5.74, 6) is 2.83. The number of ether oxygens (including phenoxy) is 3. The molecule has 1 saturated heterocycles. The van der Waals surface area contributed by atoms with Crippen LogP contribution in [-0.2, 0) is 6.54 Å². The summed E-state index contributed by atoms with van der Waals surface area (Å²) in [6, 6.07) is 7.22. The van der Waals surface area contributed by atoms with Gasteiger partial charge in [-0.25, -0.2) is 0 Å². The topological polar surface area (TPSA) is 88.8 Å². The molecule has 3 rings (SSSR count). The van der Waals surface area contributed by atoms with Crippen molar-refractivity contribution < 1.29 is 23.4 Å². The van der Waals surface area contributed by atoms with Gasteiger partial charge in [-0.1, -0.05) is 0 Å². The van der Waals surface area contributed by atoms with Gasteiger partial charge in [0.25, 0.3) is 5.91 Å². The highest BCUT2D eigenvalue weighted by atomic mass is 127. The second-order valence-corrected chi connectivity index (χ2v) is 6.69. The Balaban J connectivity index is 0.00000341. The van der Waals surface area contributed by atoms with Crippen molar-refractivity contribution in [1.82, 2.24) is 15.1 Å². The van der Waals surface area contributed by atoms with Crippen molar-refractivity contribution in [2.75, 3.05) is 54.6 Å². The van der Waals surface area contributed by atoms with Gasteiger partial charge in [-0.2, -0.15) is 0 Å². The van der Waals surface area contributed by atoms with Crippen LogP contribution in [-0.4, -0.2) is 76.2 Å². The van der Waals surface area contributed by atoms with Gasteiger partial charge in [0.05, 0.1) is 27.6 Å². The molecule has 1 aromatic carbocycles. The minimum Gasteiger partial charge on any atom is -0.493 e. The van der Waals surface area contributed by atoms with E-state index in [0.29, 0.717) is 55.7 Å². The lowest BCUT2D eigenvalue weighted by Gasteiger charge is -2.36. The quantitative estimate of drug-likeness (QED) is 0.340. The molecule has 1 aromatic heterocycles. The van der Waals surface area contributed by atoms with Crippen LogP contribution in [0.3, 0.4) is 0 Å². The normalized spacial score (nSPS) is 14.0. The predicted octanol–water partition coefficient (Wildman–Crippen LogP) is 2.46. The lowest BCUT2D eigenvalue weighted by atomic mass is 10.1. The average Bonchev–Trinajstić information content (AvgIpc) is 3.33. The Morgan fingerprint density at radius 1 is 1.06 bits per heavy atom. The molecule has 0 bridgehead atoms. The standard InChI is InChI=1S/C21H28N4O5.HI/c1-22-21(23-14-15-12-17(27-2)19(29-4)18(13-15)28-3)25-9-7-24(8-10-25)20(26)16-6-5-11-30-16;/h5-6,11-13H,7-10,14H2,1-4H3,(H,22,23);1H. The molecule has 0 saturated carbocycles. The fourth-order valence-electron chi connectivity index (χ4n) is 3.43. The van der Waals surface area contributed by atoms with E-state index in [-0.39, 0.29) is 29.9 Å². The summed E-state index contributed by atoms with van der Waals surface area (Å²) in [5, 5.41) is 3.37. The van der Waals surface area contributed by atoms with E-state index < -0.39 is 0 Å². The van der Waals surface area contributed by atoms with Crippen LogP contribution in [0.2, 0.25) is 0 Å². The van der Waals surface area contributed by atoms with Crippen molar-refractivity contribution >= 4 is 35.8 Å². The average molecular weight is 544 g/mol. The number of hydrogen-bond acceptors (Lipinski definition) is 6. The zero-order valence-corrected chi connectivity index (χ0v) is 20.5. The van der Waals surface area contributed by atoms with Crippen molar-refractivity contribution in [3.63, 3.8) is 0 Å². The van der Waals surface area contributed by atoms with Crippen LogP contribution in [0.4, 0.5) is 0 Å². The number of halogens is 1. The van der Waals surface area contributed by atoms with E-state index in [0.717, 1.165) is 11.5 Å². The highest BCUT2D eigenvalue weighted by Crippen LogP contribution is 2.38. The number of amides is 1. The zero-order valence-electron chi connectivity index (χ0n) is 18.2. The first-order chi connectivity index (χ1) is 14.6. The fraction of sp³-hybridized carbons (Fsp3) is 0.429. The van der Waals surface area contributed by atoms with Crippen LogP contribution in [0.25, 0.3) is 0 Å². The minimum atomic E-state index is -0.0833. The molecule has 0 atom stereocenters. The summed E-state index contributed by atoms with van der Waals surface area (Å²) in [6.45, 7) is 3.10. The van der Waals surface area contributed by atoms with Crippen LogP contribution >= 0.6 is 24.0 Å². The van der Waals surface area contributed by atoms with E-state index in [2.05, 4.69) is 15.2 Å². The molecule has 0 aliphatic carbocycles. The number of nitrogens with one attached hydrogen (secondary N) is 1. The van der Waals surface area contributed by atoms with Gasteiger partial charge in [0.2, 0.25) is 5.75 Å². The monoisotopic (exact) mass is 544 g/mol. The SMILES string of the molecule is CN=C(NCc1cc(OC)c(OC)c(OC)c1)N1CCN(C(=O)c2ccco2)CC1.I. The molecule has 1 aliphatic rings. The smallest absolute Gasteiger partial charge is 0.289 e. The van der Waals surface area contributed by atoms with Crippen molar-refractivity contribution in [2.24, 2.45) is 4.99 Å². The maximum atomic E-state index is 12.4. The molecule has 31 heavy (non-hydrogen) atoms. The molecule has 9 nitrogen and oxygen atoms in total. The van der Waals surface area contributed by atoms with E-state index in [1.54, 1.807) is 45.4 Å². The number of guanidine groups is 1. The maximum Gasteiger partial charge on any atom is 0.289 e. The van der Waals surface area contributed by atoms with Crippen molar-refractivity contribution in [2.45, 2.75) is 6.54 Å². The van der Waals surface area contributed by atoms with Crippen molar-refractivity contribution in [1.29, 1.82) is 0 Å². The van der Waals surface area contributed by atoms with Crippen LogP contribution in [0.1, 0.15) is 16.1 Å². The molecule has 1 fully saturated rings. The maximum absolute atomic E-state index is 12.4. The third-order valence-electron chi connectivity index (χ3n) is 4.99. The Morgan fingerprint density at radius 2 is 1.68 bits per heavy atom. The molecule has 2 heterocycles. The molecular formula is C21H29IN4O5. The Bertz CT molecular complexity index is 855. The van der Waals surface area contributed by atoms with Crippen molar-refractivity contribution in [3.8, 4) is 17.2 Å². The summed E-state index contributed by atoms with van der Waals surface area (Å²) >= 11 is 0. The van der Waals surface area contributed by atoms with Gasteiger partial charge in [0, 0.05) is 39.8 Å². The van der Waals surface area contributed by atoms with E-state index in [4.69, 9.17) is 18.6 Å². The first-order valence-corrected chi connectivity index (χ1v) is 9.68. The number of furan rings is 1. The van der Waals surface area contributed by atoms with Gasteiger partial charge in [-0.15, -0.1) is 24.0 Å². The zero-order chi connectivity index (χ0) is 21.5. The molecule has 0 spiro atoms. The van der Waals surface area contributed by atoms with Crippen LogP contribution in [0.15, 0.2) is 39.9 Å². The third kappa shape index (κ3) is 5.75. The number of rotatable bonds is 6. The van der Waals surface area contributed by atoms with Crippen LogP contribution in [0.5, 0.6) is 17.2 Å². The lowest BCUT2D eigenvalue weighted by molar-refractivity contribution is 0.0657. The van der Waals surface area contributed by atoms with Crippen molar-refractivity contribution in [3.05, 3.63) is 41.9 Å². The number of carbonyl (C=O) groups is 1. The Labute approximate surface area is 199 Å². The minimum absolute atomic E-state index is 0. The summed E-state index contributed by atoms with van der Waals surface area (Å²) < 4.78 is 21.4. The molecule has 1 aliphatic heterocycles. The number of carbonyl (C=O) groups excluding carboxylic acids is 1. The van der Waals surface area contributed by atoms with Gasteiger partial charge in [0.15, 0.2) is 23.2 Å². The second-order valence-electron chi connectivity index (χ2n) is 6.69. The van der Waals surface area contributed by atoms with Crippen LogP contribution in [0, 0.1) is 0 Å². The highest BCUT2D eigenvalue weighted by molar-refractivity contribution is 14.0. The second kappa shape index (κ2) is 11.7. The number of aliphatic imine (C=N–C) groups is 1. The number of nitrogens with zero attached hydrogens (tertiary/aromatic N) is 3. The number of hydrogen-bond donors (Lipinski definition) is 1. The predicted molar refractivity (Wildman–Crippen MR) is 128 cm³/mol. The first-order valence-electron chi connectivity index (χ1n) is 9.68. The van der Waals surface area contributed by atoms with Crippen LogP contribution < -0.4 is 19.5 Å². The fourth-order valence-corrected chi connectivity index (χ4v) is 3.43. The molecular weight excluding hydrogens is 515 g/mol. The summed E-state index contributed by atoms with van der Waals surface area (Å²) in [6.07, 6.45) is 1.51. The summed E-state index contributed by atoms with van der Waals surface area (Å²) in [5.41, 5.74) is 0.970. The van der Waals surface area contributed by atoms with Gasteiger partial charge in [-0.05, 0) is 29.8 Å². The lowest BCUT2D eigenvalue weighted by Crippen LogP contribution is -2.53. The Morgan fingerprint density at radius 3 is 2.16 bits per heavy atom. The molecule has 0 unspecified atom stereocenters. The highest BCUT2D eigenvalue weighted by Gasteiger charge is 2.25. The van der Waals surface area contributed by atoms with E-state index in [1.807, 2.05) is 12.1 Å². The van der Waals surface area contributed by atoms with Gasteiger partial charge in [-0.3, -0.25) is 9.79 Å². The van der Waals surface area contributed by atoms with E-state index in [1.165, 1.54) is 6.26 Å². The number of benzene rings is 1. The molecule has 1 N–H and O–H groups in total. The third-order valence-corrected chi connectivity index (χ3v) is 4.99. The molecule has 10 heteroatoms. The van der Waals surface area contributed by atoms with E-state index >= 15 is 0 Å². The summed E-state index contributed by atoms with van der Waals surface area (Å²) in [7, 11) is 6.52. The molecule has 2 aromatic rings. The molecule has 0 radical (unpaired) electrons. The largest absolute Gasteiger partial charge is 0.493 e. The van der Waals surface area contributed by atoms with Gasteiger partial charge in [0.1, 0.15) is 0 Å². The molecule has 1 amide bonds. The van der Waals surface area contributed by atoms with E-state index in [9.17, 15) is 4.79 Å². The van der Waals surface area contributed by atoms with Gasteiger partial charge < -0.3 is 33.7 Å².